The quantitative estimate of drug-likeness (QED) is 0.0252. The molecule has 5 aromatic heterocycles. The van der Waals surface area contributed by atoms with E-state index in [1.165, 1.54) is 61.0 Å². The highest BCUT2D eigenvalue weighted by atomic mass is 32.2. The van der Waals surface area contributed by atoms with Gasteiger partial charge in [-0.1, -0.05) is 0 Å². The second-order valence-electron chi connectivity index (χ2n) is 16.3. The third kappa shape index (κ3) is 12.2. The highest BCUT2D eigenvalue weighted by Crippen LogP contribution is 2.66. The number of carbonyl (C=O) groups is 2. The van der Waals surface area contributed by atoms with E-state index in [4.69, 9.17) is 23.3 Å². The van der Waals surface area contributed by atoms with Crippen LogP contribution in [-0.4, -0.2) is 106 Å². The lowest BCUT2D eigenvalue weighted by molar-refractivity contribution is -0.254. The van der Waals surface area contributed by atoms with Crippen LogP contribution in [0, 0.1) is 13.8 Å². The van der Waals surface area contributed by atoms with Gasteiger partial charge >= 0.3 is 29.7 Å². The van der Waals surface area contributed by atoms with Gasteiger partial charge in [-0.3, -0.25) is 23.7 Å². The monoisotopic (exact) mass is 1120 g/mol. The van der Waals surface area contributed by atoms with E-state index in [1.54, 1.807) is 55.6 Å². The summed E-state index contributed by atoms with van der Waals surface area (Å²) in [5.41, 5.74) is -1.51. The number of esters is 2. The molecule has 0 saturated carbocycles. The van der Waals surface area contributed by atoms with Gasteiger partial charge in [0.2, 0.25) is 0 Å². The minimum atomic E-state index is -5.85. The number of nitrogens with zero attached hydrogens (tertiary/aromatic N) is 1. The Labute approximate surface area is 426 Å². The average molecular weight is 1120 g/mol. The predicted molar refractivity (Wildman–Crippen MR) is 266 cm³/mol. The molecule has 0 unspecified atom stereocenters. The summed E-state index contributed by atoms with van der Waals surface area (Å²) in [6.07, 6.45) is 2.02. The van der Waals surface area contributed by atoms with Crippen LogP contribution in [-0.2, 0) is 52.1 Å². The summed E-state index contributed by atoms with van der Waals surface area (Å²) in [5, 5.41) is 2.97. The Morgan fingerprint density at radius 1 is 0.625 bits per heavy atom. The molecule has 1 aliphatic carbocycles. The topological polar surface area (TPSA) is 195 Å². The molecule has 0 aliphatic heterocycles. The van der Waals surface area contributed by atoms with Crippen LogP contribution in [0.5, 0.6) is 5.75 Å². The number of benzene rings is 1. The van der Waals surface area contributed by atoms with E-state index in [0.29, 0.717) is 70.4 Å². The molecule has 0 amide bonds. The molecule has 72 heavy (non-hydrogen) atoms. The first-order valence-corrected chi connectivity index (χ1v) is 28.2. The van der Waals surface area contributed by atoms with E-state index >= 15 is 26.3 Å². The molecule has 7 rings (SSSR count). The Hall–Kier alpha value is -4.99. The number of thiophene rings is 4. The molecule has 0 atom stereocenters. The SMILES string of the molecule is CNCCOc1ccc(-c2sc(-c3cc(C4=C(c5cc(-c6cc(CCOC(=O)CCS(=O)(=O)O)c(-c7ccncc7)s6)sc5C)C(F)(F)C(F)(F)C4(F)F)c(C)s3)cc2CCOC(=O)CCS(=O)(=O)O)cc1. The summed E-state index contributed by atoms with van der Waals surface area (Å²) in [6, 6.07) is 16.1. The number of alkyl halides is 6. The van der Waals surface area contributed by atoms with Crippen LogP contribution in [0.2, 0.25) is 0 Å². The zero-order valence-corrected chi connectivity index (χ0v) is 43.1. The van der Waals surface area contributed by atoms with Gasteiger partial charge in [0.25, 0.3) is 20.2 Å². The Kier molecular flexibility index (Phi) is 16.6. The molecule has 1 aliphatic rings. The lowest BCUT2D eigenvalue weighted by Gasteiger charge is -2.25. The van der Waals surface area contributed by atoms with Gasteiger partial charge in [0.05, 0.1) is 37.6 Å². The van der Waals surface area contributed by atoms with Crippen molar-refractivity contribution in [1.82, 2.24) is 10.3 Å². The molecule has 0 fully saturated rings. The second kappa shape index (κ2) is 21.8. The fourth-order valence-electron chi connectivity index (χ4n) is 7.69. The molecule has 6 aromatic rings. The Morgan fingerprint density at radius 2 is 1.04 bits per heavy atom. The van der Waals surface area contributed by atoms with Crippen LogP contribution in [0.25, 0.3) is 51.5 Å². The van der Waals surface area contributed by atoms with Crippen molar-refractivity contribution in [3.05, 3.63) is 105 Å². The molecule has 386 valence electrons. The minimum Gasteiger partial charge on any atom is -0.492 e. The third-order valence-electron chi connectivity index (χ3n) is 11.2. The lowest BCUT2D eigenvalue weighted by atomic mass is 9.95. The van der Waals surface area contributed by atoms with Gasteiger partial charge in [-0.2, -0.15) is 43.2 Å². The van der Waals surface area contributed by atoms with E-state index in [9.17, 15) is 26.4 Å². The van der Waals surface area contributed by atoms with Crippen LogP contribution in [0.3, 0.4) is 0 Å². The smallest absolute Gasteiger partial charge is 0.380 e. The van der Waals surface area contributed by atoms with E-state index in [0.717, 1.165) is 22.7 Å². The summed E-state index contributed by atoms with van der Waals surface area (Å²) in [5.74, 6) is -19.4. The van der Waals surface area contributed by atoms with Gasteiger partial charge in [-0.15, -0.1) is 45.3 Å². The van der Waals surface area contributed by atoms with Crippen molar-refractivity contribution in [2.24, 2.45) is 0 Å². The standard InChI is InChI=1S/C47H44F6N2O11S6/c1-26-33(24-37(67-26)35-22-30(10-17-65-39(56)12-20-71(58,59)60)43(69-35)28-4-6-32(7-5-28)64-19-16-54-3)41-42(46(50,51)47(52,53)45(41,48)49)34-25-38(68-27(34)2)36-23-31(44(70-36)29-8-14-55-15-9-29)11-18-66-40(57)13-21-72(61,62)63/h4-9,14-15,22-25,54H,10-13,16-21H2,1-3H3,(H,58,59,60)(H,61,62,63). The zero-order valence-electron chi connectivity index (χ0n) is 38.2. The first-order chi connectivity index (χ1) is 33.8. The number of aromatic nitrogens is 1. The minimum absolute atomic E-state index is 0.0506. The molecule has 5 heterocycles. The Bertz CT molecular complexity index is 3220. The van der Waals surface area contributed by atoms with Crippen molar-refractivity contribution in [2.45, 2.75) is 57.3 Å². The van der Waals surface area contributed by atoms with Crippen molar-refractivity contribution in [2.75, 3.05) is 44.9 Å². The van der Waals surface area contributed by atoms with Crippen LogP contribution in [0.15, 0.2) is 73.1 Å². The molecule has 0 spiro atoms. The van der Waals surface area contributed by atoms with Crippen LogP contribution >= 0.6 is 45.3 Å². The van der Waals surface area contributed by atoms with E-state index in [-0.39, 0.29) is 35.8 Å². The highest BCUT2D eigenvalue weighted by Gasteiger charge is 2.80. The average Bonchev–Trinajstić information content (AvgIpc) is 4.13. The number of ether oxygens (including phenoxy) is 3. The first-order valence-electron chi connectivity index (χ1n) is 21.7. The summed E-state index contributed by atoms with van der Waals surface area (Å²) < 4.78 is 176. The lowest BCUT2D eigenvalue weighted by Crippen LogP contribution is -2.48. The van der Waals surface area contributed by atoms with Gasteiger partial charge in [0.15, 0.2) is 0 Å². The number of carbonyl (C=O) groups excluding carboxylic acids is 2. The number of hydrogen-bond donors (Lipinski definition) is 3. The maximum atomic E-state index is 16.4. The van der Waals surface area contributed by atoms with Crippen molar-refractivity contribution in [3.63, 3.8) is 0 Å². The number of hydrogen-bond acceptors (Lipinski definition) is 15. The molecule has 3 N–H and O–H groups in total. The predicted octanol–water partition coefficient (Wildman–Crippen LogP) is 10.8. The Balaban J connectivity index is 1.26. The highest BCUT2D eigenvalue weighted by molar-refractivity contribution is 7.86. The molecule has 1 aromatic carbocycles. The van der Waals surface area contributed by atoms with E-state index in [2.05, 4.69) is 10.3 Å². The van der Waals surface area contributed by atoms with Gasteiger partial charge in [0.1, 0.15) is 12.4 Å². The van der Waals surface area contributed by atoms with Crippen molar-refractivity contribution in [3.8, 4) is 46.1 Å². The summed E-state index contributed by atoms with van der Waals surface area (Å²) in [4.78, 5) is 31.4. The molecular formula is C47H44F6N2O11S6. The number of rotatable bonds is 22. The van der Waals surface area contributed by atoms with Crippen LogP contribution < -0.4 is 10.1 Å². The first kappa shape index (κ1) is 54.8. The molecule has 0 radical (unpaired) electrons. The number of halogens is 6. The van der Waals surface area contributed by atoms with Gasteiger partial charge in [-0.25, -0.2) is 0 Å². The second-order valence-corrected chi connectivity index (χ2v) is 24.1. The number of nitrogens with one attached hydrogen (secondary N) is 1. The Morgan fingerprint density at radius 3 is 1.46 bits per heavy atom. The fraction of sp³-hybridized carbons (Fsp3) is 0.340. The molecule has 13 nitrogen and oxygen atoms in total. The summed E-state index contributed by atoms with van der Waals surface area (Å²) in [7, 11) is -7.08. The van der Waals surface area contributed by atoms with E-state index < -0.39 is 96.6 Å². The third-order valence-corrected chi connectivity index (χ3v) is 17.6. The number of allylic oxidation sites excluding steroid dienone is 2. The molecule has 0 saturated heterocycles. The van der Waals surface area contributed by atoms with Gasteiger partial charge < -0.3 is 19.5 Å². The zero-order chi connectivity index (χ0) is 52.4. The largest absolute Gasteiger partial charge is 0.492 e. The van der Waals surface area contributed by atoms with Crippen molar-refractivity contribution < 1.29 is 76.1 Å². The summed E-state index contributed by atoms with van der Waals surface area (Å²) in [6.45, 7) is 3.27. The van der Waals surface area contributed by atoms with Crippen molar-refractivity contribution >= 4 is 88.7 Å². The maximum absolute atomic E-state index is 16.4. The maximum Gasteiger partial charge on any atom is 0.380 e. The number of aryl methyl sites for hydroxylation is 2. The molecule has 25 heteroatoms. The number of pyridine rings is 1. The van der Waals surface area contributed by atoms with E-state index in [1.807, 2.05) is 0 Å². The van der Waals surface area contributed by atoms with Gasteiger partial charge in [0, 0.05) is 81.9 Å². The normalized spacial score (nSPS) is 15.3. The van der Waals surface area contributed by atoms with Gasteiger partial charge in [-0.05, 0) is 115 Å². The van der Waals surface area contributed by atoms with Crippen LogP contribution in [0.4, 0.5) is 26.3 Å². The number of likely N-dealkylation sites (N-methyl/N-ethyl adjacent to an activating group) is 1. The molecule has 0 bridgehead atoms. The molecular weight excluding hydrogens is 1070 g/mol. The fourth-order valence-corrected chi connectivity index (χ4v) is 13.2. The summed E-state index contributed by atoms with van der Waals surface area (Å²) >= 11 is 4.24. The van der Waals surface area contributed by atoms with Crippen LogP contribution in [0.1, 0.15) is 44.8 Å². The van der Waals surface area contributed by atoms with Crippen molar-refractivity contribution in [1.29, 1.82) is 0 Å².